The van der Waals surface area contributed by atoms with Crippen LogP contribution in [-0.2, 0) is 20.0 Å². The molecule has 2 aromatic rings. The molecule has 3 fully saturated rings. The van der Waals surface area contributed by atoms with Gasteiger partial charge in [-0.2, -0.15) is 22.3 Å². The van der Waals surface area contributed by atoms with Gasteiger partial charge in [-0.25, -0.2) is 18.4 Å². The Hall–Kier alpha value is -2.27. The highest BCUT2D eigenvalue weighted by molar-refractivity contribution is 7.91. The molecule has 11 nitrogen and oxygen atoms in total. The maximum absolute atomic E-state index is 13.6. The van der Waals surface area contributed by atoms with Crippen LogP contribution in [0.4, 0.5) is 5.82 Å². The van der Waals surface area contributed by atoms with Crippen LogP contribution in [0.5, 0.6) is 0 Å². The lowest BCUT2D eigenvalue weighted by Gasteiger charge is -2.43. The van der Waals surface area contributed by atoms with Crippen LogP contribution in [0.3, 0.4) is 0 Å². The number of hydrogen-bond acceptors (Lipinski definition) is 8. The molecule has 1 saturated carbocycles. The van der Waals surface area contributed by atoms with Crippen molar-refractivity contribution in [1.82, 2.24) is 23.6 Å². The van der Waals surface area contributed by atoms with Crippen molar-refractivity contribution in [3.05, 3.63) is 18.6 Å². The van der Waals surface area contributed by atoms with E-state index in [-0.39, 0.29) is 37.1 Å². The number of fused-ring (bicyclic) bond motifs is 1. The second kappa shape index (κ2) is 7.65. The van der Waals surface area contributed by atoms with Crippen LogP contribution in [0.1, 0.15) is 19.3 Å². The molecule has 1 aliphatic carbocycles. The first kappa shape index (κ1) is 21.6. The number of aromatic amines is 1. The molecule has 1 spiro atoms. The molecule has 4 heterocycles. The SMILES string of the molecule is N#CCN(CC1CCS(=O)(=O)C1)S(=O)(=O)N1CCN(c2ncnc3[nH]ccc23)CC12CC2. The molecule has 1 N–H and O–H groups in total. The fraction of sp³-hybridized carbons (Fsp3) is 0.632. The van der Waals surface area contributed by atoms with E-state index in [2.05, 4.69) is 19.9 Å². The molecule has 1 atom stereocenters. The average molecular weight is 480 g/mol. The van der Waals surface area contributed by atoms with E-state index in [0.29, 0.717) is 19.5 Å². The third-order valence-corrected chi connectivity index (χ3v) is 10.6. The number of H-pyrrole nitrogens is 1. The number of aromatic nitrogens is 3. The van der Waals surface area contributed by atoms with Crippen molar-refractivity contribution in [2.24, 2.45) is 5.92 Å². The Morgan fingerprint density at radius 3 is 2.81 bits per heavy atom. The van der Waals surface area contributed by atoms with Crippen LogP contribution in [0.15, 0.2) is 18.6 Å². The number of nitrogens with zero attached hydrogens (tertiary/aromatic N) is 6. The summed E-state index contributed by atoms with van der Waals surface area (Å²) in [6.07, 6.45) is 5.21. The van der Waals surface area contributed by atoms with Crippen LogP contribution >= 0.6 is 0 Å². The molecule has 2 aromatic heterocycles. The molecule has 3 aliphatic rings. The summed E-state index contributed by atoms with van der Waals surface area (Å²) in [5.41, 5.74) is 0.210. The summed E-state index contributed by atoms with van der Waals surface area (Å²) in [6.45, 7) is 1.04. The predicted octanol–water partition coefficient (Wildman–Crippen LogP) is 0.118. The summed E-state index contributed by atoms with van der Waals surface area (Å²) >= 11 is 0. The first-order valence-electron chi connectivity index (χ1n) is 10.6. The maximum Gasteiger partial charge on any atom is 0.283 e. The van der Waals surface area contributed by atoms with Gasteiger partial charge in [-0.15, -0.1) is 0 Å². The van der Waals surface area contributed by atoms with E-state index in [1.165, 1.54) is 14.9 Å². The molecule has 2 saturated heterocycles. The third-order valence-electron chi connectivity index (χ3n) is 6.69. The highest BCUT2D eigenvalue weighted by Crippen LogP contribution is 2.47. The zero-order chi connectivity index (χ0) is 22.6. The summed E-state index contributed by atoms with van der Waals surface area (Å²) in [7, 11) is -7.04. The molecule has 1 unspecified atom stereocenters. The molecule has 13 heteroatoms. The molecule has 32 heavy (non-hydrogen) atoms. The average Bonchev–Trinajstić information content (AvgIpc) is 3.18. The van der Waals surface area contributed by atoms with Gasteiger partial charge in [0, 0.05) is 32.4 Å². The molecule has 0 aromatic carbocycles. The number of rotatable bonds is 6. The van der Waals surface area contributed by atoms with Crippen LogP contribution in [0.25, 0.3) is 11.0 Å². The number of anilines is 1. The third kappa shape index (κ3) is 3.75. The fourth-order valence-electron chi connectivity index (χ4n) is 4.93. The second-order valence-corrected chi connectivity index (χ2v) is 13.0. The van der Waals surface area contributed by atoms with Crippen molar-refractivity contribution in [2.45, 2.75) is 24.8 Å². The van der Waals surface area contributed by atoms with Crippen LogP contribution < -0.4 is 4.90 Å². The summed E-state index contributed by atoms with van der Waals surface area (Å²) in [5.74, 6) is 0.559. The van der Waals surface area contributed by atoms with E-state index in [1.807, 2.05) is 12.1 Å². The lowest BCUT2D eigenvalue weighted by atomic mass is 10.1. The first-order valence-corrected chi connectivity index (χ1v) is 13.8. The lowest BCUT2D eigenvalue weighted by Crippen LogP contribution is -2.60. The Kier molecular flexibility index (Phi) is 5.16. The fourth-order valence-corrected chi connectivity index (χ4v) is 8.72. The van der Waals surface area contributed by atoms with Gasteiger partial charge in [0.1, 0.15) is 24.3 Å². The van der Waals surface area contributed by atoms with Gasteiger partial charge < -0.3 is 9.88 Å². The minimum absolute atomic E-state index is 0.0241. The highest BCUT2D eigenvalue weighted by Gasteiger charge is 2.57. The number of piperazine rings is 1. The Labute approximate surface area is 187 Å². The molecule has 0 radical (unpaired) electrons. The predicted molar refractivity (Wildman–Crippen MR) is 118 cm³/mol. The van der Waals surface area contributed by atoms with Crippen molar-refractivity contribution in [1.29, 1.82) is 5.26 Å². The zero-order valence-electron chi connectivity index (χ0n) is 17.5. The monoisotopic (exact) mass is 479 g/mol. The standard InChI is InChI=1S/C19H25N7O4S2/c20-5-7-25(11-15-2-10-31(27,28)12-15)32(29,30)26-9-8-24(13-19(26)3-4-19)18-16-1-6-21-17(16)22-14-23-18/h1,6,14-15H,2-4,7-13H2,(H,21,22,23). The van der Waals surface area contributed by atoms with Gasteiger partial charge in [-0.1, -0.05) is 0 Å². The van der Waals surface area contributed by atoms with Crippen molar-refractivity contribution < 1.29 is 16.8 Å². The Morgan fingerprint density at radius 2 is 2.12 bits per heavy atom. The van der Waals surface area contributed by atoms with Gasteiger partial charge in [-0.05, 0) is 31.2 Å². The van der Waals surface area contributed by atoms with Gasteiger partial charge in [0.25, 0.3) is 10.2 Å². The highest BCUT2D eigenvalue weighted by atomic mass is 32.2. The van der Waals surface area contributed by atoms with Crippen LogP contribution in [0, 0.1) is 17.2 Å². The van der Waals surface area contributed by atoms with E-state index in [0.717, 1.165) is 29.7 Å². The molecule has 2 aliphatic heterocycles. The summed E-state index contributed by atoms with van der Waals surface area (Å²) in [4.78, 5) is 13.9. The Morgan fingerprint density at radius 1 is 1.31 bits per heavy atom. The molecule has 172 valence electrons. The second-order valence-electron chi connectivity index (χ2n) is 8.88. The van der Waals surface area contributed by atoms with Gasteiger partial charge in [0.2, 0.25) is 0 Å². The van der Waals surface area contributed by atoms with Gasteiger partial charge in [0.15, 0.2) is 9.84 Å². The number of nitriles is 1. The summed E-state index contributed by atoms with van der Waals surface area (Å²) in [6, 6.07) is 3.86. The first-order chi connectivity index (χ1) is 15.2. The van der Waals surface area contributed by atoms with Gasteiger partial charge in [0.05, 0.1) is 28.5 Å². The molecule has 0 bridgehead atoms. The van der Waals surface area contributed by atoms with E-state index >= 15 is 0 Å². The van der Waals surface area contributed by atoms with E-state index in [1.54, 1.807) is 6.20 Å². The van der Waals surface area contributed by atoms with E-state index in [4.69, 9.17) is 0 Å². The maximum atomic E-state index is 13.6. The summed E-state index contributed by atoms with van der Waals surface area (Å²) in [5, 5.41) is 10.2. The lowest BCUT2D eigenvalue weighted by molar-refractivity contribution is 0.242. The number of nitrogens with one attached hydrogen (secondary N) is 1. The normalized spacial score (nSPS) is 24.9. The Balaban J connectivity index is 1.37. The Bertz CT molecular complexity index is 1280. The van der Waals surface area contributed by atoms with Crippen molar-refractivity contribution in [3.8, 4) is 6.07 Å². The smallest absolute Gasteiger partial charge is 0.283 e. The molecular formula is C19H25N7O4S2. The molecule has 0 amide bonds. The minimum atomic E-state index is -3.91. The summed E-state index contributed by atoms with van der Waals surface area (Å²) < 4.78 is 53.6. The molecular weight excluding hydrogens is 454 g/mol. The van der Waals surface area contributed by atoms with Crippen molar-refractivity contribution in [2.75, 3.05) is 49.1 Å². The van der Waals surface area contributed by atoms with Crippen LogP contribution in [-0.4, -0.2) is 90.2 Å². The van der Waals surface area contributed by atoms with Gasteiger partial charge >= 0.3 is 0 Å². The minimum Gasteiger partial charge on any atom is -0.353 e. The largest absolute Gasteiger partial charge is 0.353 e. The topological polar surface area (TPSA) is 143 Å². The number of sulfone groups is 1. The zero-order valence-corrected chi connectivity index (χ0v) is 19.1. The van der Waals surface area contributed by atoms with E-state index < -0.39 is 25.6 Å². The van der Waals surface area contributed by atoms with Crippen molar-refractivity contribution in [3.63, 3.8) is 0 Å². The quantitative estimate of drug-likeness (QED) is 0.575. The number of hydrogen-bond donors (Lipinski definition) is 1. The van der Waals surface area contributed by atoms with Crippen LogP contribution in [0.2, 0.25) is 0 Å². The molecule has 5 rings (SSSR count). The van der Waals surface area contributed by atoms with Gasteiger partial charge in [-0.3, -0.25) is 0 Å². The van der Waals surface area contributed by atoms with E-state index in [9.17, 15) is 22.1 Å². The van der Waals surface area contributed by atoms with Crippen molar-refractivity contribution >= 4 is 36.9 Å².